The van der Waals surface area contributed by atoms with E-state index in [2.05, 4.69) is 39.2 Å². The van der Waals surface area contributed by atoms with Crippen molar-refractivity contribution in [1.29, 1.82) is 0 Å². The zero-order chi connectivity index (χ0) is 18.9. The molecule has 0 atom stereocenters. The monoisotopic (exact) mass is 364 g/mol. The van der Waals surface area contributed by atoms with Crippen LogP contribution in [-0.2, 0) is 0 Å². The minimum Gasteiger partial charge on any atom is -0.497 e. The summed E-state index contributed by atoms with van der Waals surface area (Å²) < 4.78 is 10.8. The first-order valence-electron chi connectivity index (χ1n) is 8.96. The third-order valence-corrected chi connectivity index (χ3v) is 4.01. The summed E-state index contributed by atoms with van der Waals surface area (Å²) in [6, 6.07) is 19.6. The van der Waals surface area contributed by atoms with Crippen molar-refractivity contribution in [2.45, 2.75) is 6.92 Å². The Morgan fingerprint density at radius 3 is 2.41 bits per heavy atom. The van der Waals surface area contributed by atoms with Crippen LogP contribution in [-0.4, -0.2) is 36.8 Å². The summed E-state index contributed by atoms with van der Waals surface area (Å²) in [5, 5.41) is 3.21. The number of aromatic nitrogens is 2. The Labute approximate surface area is 159 Å². The van der Waals surface area contributed by atoms with Gasteiger partial charge in [-0.2, -0.15) is 4.98 Å². The molecule has 0 fully saturated rings. The van der Waals surface area contributed by atoms with Crippen molar-refractivity contribution in [3.05, 3.63) is 66.9 Å². The number of para-hydroxylation sites is 1. The number of nitrogens with one attached hydrogen (secondary N) is 1. The van der Waals surface area contributed by atoms with Gasteiger partial charge in [0.1, 0.15) is 23.9 Å². The summed E-state index contributed by atoms with van der Waals surface area (Å²) in [6.07, 6.45) is 1.76. The third-order valence-electron chi connectivity index (χ3n) is 4.01. The van der Waals surface area contributed by atoms with Gasteiger partial charge in [-0.3, -0.25) is 0 Å². The van der Waals surface area contributed by atoms with Crippen molar-refractivity contribution in [3.8, 4) is 11.5 Å². The van der Waals surface area contributed by atoms with Gasteiger partial charge in [0.25, 0.3) is 0 Å². The number of hydrogen-bond donors (Lipinski definition) is 1. The van der Waals surface area contributed by atoms with Gasteiger partial charge in [0.05, 0.1) is 13.7 Å². The predicted octanol–water partition coefficient (Wildman–Crippen LogP) is 4.13. The quantitative estimate of drug-likeness (QED) is 0.576. The highest BCUT2D eigenvalue weighted by atomic mass is 16.5. The number of nitrogens with zero attached hydrogens (tertiary/aromatic N) is 3. The lowest BCUT2D eigenvalue weighted by Crippen LogP contribution is -2.19. The van der Waals surface area contributed by atoms with E-state index in [0.717, 1.165) is 29.5 Å². The second-order valence-corrected chi connectivity index (χ2v) is 5.77. The van der Waals surface area contributed by atoms with E-state index in [4.69, 9.17) is 9.47 Å². The number of anilines is 3. The number of hydrogen-bond acceptors (Lipinski definition) is 6. The molecular weight excluding hydrogens is 340 g/mol. The molecule has 0 aliphatic carbocycles. The third kappa shape index (κ3) is 5.10. The fraction of sp³-hybridized carbons (Fsp3) is 0.238. The zero-order valence-corrected chi connectivity index (χ0v) is 15.6. The molecule has 0 unspecified atom stereocenters. The lowest BCUT2D eigenvalue weighted by atomic mass is 10.3. The van der Waals surface area contributed by atoms with Gasteiger partial charge in [-0.25, -0.2) is 4.98 Å². The second-order valence-electron chi connectivity index (χ2n) is 5.77. The minimum absolute atomic E-state index is 0.510. The van der Waals surface area contributed by atoms with Crippen LogP contribution in [0, 0.1) is 0 Å². The molecule has 3 rings (SSSR count). The maximum Gasteiger partial charge on any atom is 0.224 e. The zero-order valence-electron chi connectivity index (χ0n) is 15.6. The molecule has 6 heteroatoms. The Hall–Kier alpha value is -3.28. The standard InChI is InChI=1S/C21H24N4O2/c1-3-25(17-7-5-4-6-8-17)20-13-14-22-21(24-20)23-15-16-27-19-11-9-18(26-2)10-12-19/h4-14H,3,15-16H2,1-2H3,(H,22,23,24). The first-order valence-corrected chi connectivity index (χ1v) is 8.96. The van der Waals surface area contributed by atoms with Crippen LogP contribution in [0.3, 0.4) is 0 Å². The second kappa shape index (κ2) is 9.43. The van der Waals surface area contributed by atoms with Gasteiger partial charge in [-0.05, 0) is 49.4 Å². The molecule has 0 spiro atoms. The van der Waals surface area contributed by atoms with E-state index in [1.54, 1.807) is 13.3 Å². The molecule has 6 nitrogen and oxygen atoms in total. The van der Waals surface area contributed by atoms with Crippen LogP contribution in [0.2, 0.25) is 0 Å². The molecule has 0 amide bonds. The molecule has 1 heterocycles. The van der Waals surface area contributed by atoms with Crippen molar-refractivity contribution in [2.75, 3.05) is 37.0 Å². The lowest BCUT2D eigenvalue weighted by molar-refractivity contribution is 0.331. The van der Waals surface area contributed by atoms with E-state index in [0.29, 0.717) is 19.1 Å². The van der Waals surface area contributed by atoms with Crippen LogP contribution in [0.5, 0.6) is 11.5 Å². The highest BCUT2D eigenvalue weighted by molar-refractivity contribution is 5.60. The maximum absolute atomic E-state index is 5.71. The van der Waals surface area contributed by atoms with Gasteiger partial charge in [-0.15, -0.1) is 0 Å². The first-order chi connectivity index (χ1) is 13.3. The molecule has 2 aromatic carbocycles. The Balaban J connectivity index is 1.55. The molecule has 0 saturated carbocycles. The lowest BCUT2D eigenvalue weighted by Gasteiger charge is -2.22. The average molecular weight is 364 g/mol. The minimum atomic E-state index is 0.510. The van der Waals surface area contributed by atoms with Crippen molar-refractivity contribution < 1.29 is 9.47 Å². The topological polar surface area (TPSA) is 59.5 Å². The van der Waals surface area contributed by atoms with Crippen LogP contribution in [0.4, 0.5) is 17.5 Å². The summed E-state index contributed by atoms with van der Waals surface area (Å²) in [5.74, 6) is 3.05. The molecule has 0 radical (unpaired) electrons. The van der Waals surface area contributed by atoms with Gasteiger partial charge >= 0.3 is 0 Å². The molecule has 1 N–H and O–H groups in total. The normalized spacial score (nSPS) is 10.3. The van der Waals surface area contributed by atoms with Crippen LogP contribution in [0.1, 0.15) is 6.92 Å². The summed E-state index contributed by atoms with van der Waals surface area (Å²) in [7, 11) is 1.64. The van der Waals surface area contributed by atoms with Crippen LogP contribution < -0.4 is 19.7 Å². The van der Waals surface area contributed by atoms with E-state index in [1.807, 2.05) is 48.5 Å². The van der Waals surface area contributed by atoms with E-state index < -0.39 is 0 Å². The molecular formula is C21H24N4O2. The van der Waals surface area contributed by atoms with Gasteiger partial charge in [0.2, 0.25) is 5.95 Å². The molecule has 0 bridgehead atoms. The van der Waals surface area contributed by atoms with E-state index in [9.17, 15) is 0 Å². The Morgan fingerprint density at radius 1 is 0.963 bits per heavy atom. The van der Waals surface area contributed by atoms with Gasteiger partial charge < -0.3 is 19.7 Å². The van der Waals surface area contributed by atoms with Crippen LogP contribution >= 0.6 is 0 Å². The van der Waals surface area contributed by atoms with Crippen molar-refractivity contribution in [2.24, 2.45) is 0 Å². The molecule has 0 aliphatic heterocycles. The Kier molecular flexibility index (Phi) is 6.46. The molecule has 3 aromatic rings. The fourth-order valence-electron chi connectivity index (χ4n) is 2.67. The molecule has 0 aliphatic rings. The van der Waals surface area contributed by atoms with Crippen molar-refractivity contribution in [3.63, 3.8) is 0 Å². The smallest absolute Gasteiger partial charge is 0.224 e. The summed E-state index contributed by atoms with van der Waals surface area (Å²) in [5.41, 5.74) is 1.10. The van der Waals surface area contributed by atoms with Gasteiger partial charge in [0, 0.05) is 18.4 Å². The maximum atomic E-state index is 5.71. The van der Waals surface area contributed by atoms with Gasteiger partial charge in [-0.1, -0.05) is 18.2 Å². The van der Waals surface area contributed by atoms with Crippen molar-refractivity contribution >= 4 is 17.5 Å². The summed E-state index contributed by atoms with van der Waals surface area (Å²) in [6.45, 7) is 4.04. The van der Waals surface area contributed by atoms with Gasteiger partial charge in [0.15, 0.2) is 0 Å². The number of benzene rings is 2. The predicted molar refractivity (Wildman–Crippen MR) is 108 cm³/mol. The number of ether oxygens (including phenoxy) is 2. The van der Waals surface area contributed by atoms with E-state index >= 15 is 0 Å². The Morgan fingerprint density at radius 2 is 1.70 bits per heavy atom. The van der Waals surface area contributed by atoms with Crippen molar-refractivity contribution in [1.82, 2.24) is 9.97 Å². The first kappa shape index (κ1) is 18.5. The fourth-order valence-corrected chi connectivity index (χ4v) is 2.67. The van der Waals surface area contributed by atoms with E-state index in [-0.39, 0.29) is 0 Å². The SMILES string of the molecule is CCN(c1ccccc1)c1ccnc(NCCOc2ccc(OC)cc2)n1. The average Bonchev–Trinajstić information content (AvgIpc) is 2.73. The molecule has 140 valence electrons. The molecule has 1 aromatic heterocycles. The Bertz CT molecular complexity index is 825. The molecule has 27 heavy (non-hydrogen) atoms. The van der Waals surface area contributed by atoms with Crippen LogP contribution in [0.25, 0.3) is 0 Å². The number of rotatable bonds is 9. The highest BCUT2D eigenvalue weighted by Crippen LogP contribution is 2.23. The summed E-state index contributed by atoms with van der Waals surface area (Å²) in [4.78, 5) is 11.1. The summed E-state index contributed by atoms with van der Waals surface area (Å²) >= 11 is 0. The highest BCUT2D eigenvalue weighted by Gasteiger charge is 2.09. The van der Waals surface area contributed by atoms with E-state index in [1.165, 1.54) is 0 Å². The van der Waals surface area contributed by atoms with Crippen LogP contribution in [0.15, 0.2) is 66.9 Å². The largest absolute Gasteiger partial charge is 0.497 e. The number of methoxy groups -OCH3 is 1. The molecule has 0 saturated heterocycles.